The van der Waals surface area contributed by atoms with Crippen LogP contribution in [0.1, 0.15) is 30.1 Å². The number of nitrogens with one attached hydrogen (secondary N) is 2. The van der Waals surface area contributed by atoms with E-state index in [1.807, 2.05) is 0 Å². The maximum absolute atomic E-state index is 12.8. The lowest BCUT2D eigenvalue weighted by Crippen LogP contribution is -2.33. The summed E-state index contributed by atoms with van der Waals surface area (Å²) in [4.78, 5) is 18.6. The zero-order valence-corrected chi connectivity index (χ0v) is 15.8. The van der Waals surface area contributed by atoms with Crippen LogP contribution in [0.5, 0.6) is 0 Å². The smallest absolute Gasteiger partial charge is 0.356 e. The predicted octanol–water partition coefficient (Wildman–Crippen LogP) is 4.15. The third kappa shape index (κ3) is 3.38. The lowest BCUT2D eigenvalue weighted by molar-refractivity contribution is -0.137. The number of halogens is 3. The highest BCUT2D eigenvalue weighted by Crippen LogP contribution is 2.33. The molecule has 0 radical (unpaired) electrons. The number of hydrogen-bond acceptors (Lipinski definition) is 5. The fourth-order valence-corrected chi connectivity index (χ4v) is 3.90. The molecular weight excluding hydrogens is 395 g/mol. The highest BCUT2D eigenvalue weighted by Gasteiger charge is 2.30. The largest absolute Gasteiger partial charge is 0.416 e. The molecule has 0 unspecified atom stereocenters. The standard InChI is InChI=1S/C20H18F3N7/c21-20(22,23)14-3-1-12(2-4-14)16-10-24-17(28-16)13-5-7-30(8-6-13)19-15-9-27-29-18(15)25-11-26-19/h1-4,9-11,13H,5-8H2,(H,24,28)(H,25,26,27,29). The molecule has 0 bridgehead atoms. The lowest BCUT2D eigenvalue weighted by atomic mass is 9.96. The van der Waals surface area contributed by atoms with E-state index in [0.29, 0.717) is 11.2 Å². The van der Waals surface area contributed by atoms with Crippen molar-refractivity contribution in [2.24, 2.45) is 0 Å². The van der Waals surface area contributed by atoms with Gasteiger partial charge >= 0.3 is 6.18 Å². The Balaban J connectivity index is 1.28. The highest BCUT2D eigenvalue weighted by atomic mass is 19.4. The second-order valence-electron chi connectivity index (χ2n) is 7.35. The van der Waals surface area contributed by atoms with Crippen molar-refractivity contribution in [3.63, 3.8) is 0 Å². The van der Waals surface area contributed by atoms with Gasteiger partial charge in [0.25, 0.3) is 0 Å². The van der Waals surface area contributed by atoms with E-state index < -0.39 is 11.7 Å². The van der Waals surface area contributed by atoms with Gasteiger partial charge < -0.3 is 9.88 Å². The SMILES string of the molecule is FC(F)(F)c1ccc(-c2cnc(C3CCN(c4ncnc5[nH]ncc45)CC3)[nH]2)cc1. The van der Waals surface area contributed by atoms with Crippen LogP contribution in [-0.2, 0) is 6.18 Å². The Morgan fingerprint density at radius 1 is 0.967 bits per heavy atom. The molecule has 0 aliphatic carbocycles. The highest BCUT2D eigenvalue weighted by molar-refractivity contribution is 5.86. The van der Waals surface area contributed by atoms with Crippen molar-refractivity contribution in [1.82, 2.24) is 30.1 Å². The zero-order chi connectivity index (χ0) is 20.7. The van der Waals surface area contributed by atoms with Gasteiger partial charge in [0, 0.05) is 19.0 Å². The number of rotatable bonds is 3. The van der Waals surface area contributed by atoms with Crippen LogP contribution in [0.3, 0.4) is 0 Å². The van der Waals surface area contributed by atoms with Crippen LogP contribution in [0.15, 0.2) is 43.0 Å². The third-order valence-corrected chi connectivity index (χ3v) is 5.53. The van der Waals surface area contributed by atoms with Gasteiger partial charge in [0.15, 0.2) is 5.65 Å². The molecule has 1 aliphatic rings. The molecule has 0 atom stereocenters. The fraction of sp³-hybridized carbons (Fsp3) is 0.300. The second kappa shape index (κ2) is 7.12. The monoisotopic (exact) mass is 413 g/mol. The number of piperidine rings is 1. The Hall–Kier alpha value is -3.43. The minimum atomic E-state index is -4.34. The summed E-state index contributed by atoms with van der Waals surface area (Å²) in [6.45, 7) is 1.64. The van der Waals surface area contributed by atoms with E-state index in [1.165, 1.54) is 18.5 Å². The number of aromatic nitrogens is 6. The molecule has 1 saturated heterocycles. The number of aromatic amines is 2. The van der Waals surface area contributed by atoms with Crippen molar-refractivity contribution in [2.45, 2.75) is 24.9 Å². The summed E-state index contributed by atoms with van der Waals surface area (Å²) in [5, 5.41) is 7.80. The quantitative estimate of drug-likeness (QED) is 0.527. The Morgan fingerprint density at radius 3 is 2.47 bits per heavy atom. The Labute approximate surface area is 169 Å². The van der Waals surface area contributed by atoms with E-state index in [0.717, 1.165) is 60.8 Å². The number of anilines is 1. The summed E-state index contributed by atoms with van der Waals surface area (Å²) in [6, 6.07) is 5.11. The first-order valence-electron chi connectivity index (χ1n) is 9.60. The van der Waals surface area contributed by atoms with E-state index in [2.05, 4.69) is 35.0 Å². The van der Waals surface area contributed by atoms with Crippen LogP contribution in [0.4, 0.5) is 19.0 Å². The van der Waals surface area contributed by atoms with Gasteiger partial charge in [-0.3, -0.25) is 5.10 Å². The third-order valence-electron chi connectivity index (χ3n) is 5.53. The van der Waals surface area contributed by atoms with Gasteiger partial charge in [0.2, 0.25) is 0 Å². The Morgan fingerprint density at radius 2 is 1.73 bits per heavy atom. The molecule has 0 saturated carbocycles. The molecule has 7 nitrogen and oxygen atoms in total. The summed E-state index contributed by atoms with van der Waals surface area (Å²) in [5.41, 5.74) is 1.46. The van der Waals surface area contributed by atoms with E-state index in [4.69, 9.17) is 0 Å². The molecule has 0 amide bonds. The van der Waals surface area contributed by atoms with E-state index in [-0.39, 0.29) is 5.92 Å². The number of imidazole rings is 1. The molecule has 4 aromatic rings. The molecule has 154 valence electrons. The van der Waals surface area contributed by atoms with Crippen LogP contribution in [0, 0.1) is 0 Å². The van der Waals surface area contributed by atoms with Crippen molar-refractivity contribution in [1.29, 1.82) is 0 Å². The number of hydrogen-bond donors (Lipinski definition) is 2. The molecule has 3 aromatic heterocycles. The zero-order valence-electron chi connectivity index (χ0n) is 15.8. The summed E-state index contributed by atoms with van der Waals surface area (Å²) < 4.78 is 38.3. The van der Waals surface area contributed by atoms with Gasteiger partial charge in [0.05, 0.1) is 29.0 Å². The first-order chi connectivity index (χ1) is 14.5. The number of H-pyrrole nitrogens is 2. The van der Waals surface area contributed by atoms with Crippen LogP contribution in [-0.4, -0.2) is 43.2 Å². The topological polar surface area (TPSA) is 86.4 Å². The van der Waals surface area contributed by atoms with Crippen molar-refractivity contribution in [3.05, 3.63) is 54.4 Å². The lowest BCUT2D eigenvalue weighted by Gasteiger charge is -2.32. The normalized spacial score (nSPS) is 15.8. The van der Waals surface area contributed by atoms with Crippen LogP contribution in [0.2, 0.25) is 0 Å². The van der Waals surface area contributed by atoms with Crippen molar-refractivity contribution in [2.75, 3.05) is 18.0 Å². The predicted molar refractivity (Wildman–Crippen MR) is 105 cm³/mol. The van der Waals surface area contributed by atoms with E-state index in [9.17, 15) is 13.2 Å². The molecule has 0 spiro atoms. The average molecular weight is 413 g/mol. The van der Waals surface area contributed by atoms with Gasteiger partial charge in [0.1, 0.15) is 18.0 Å². The molecule has 30 heavy (non-hydrogen) atoms. The number of fused-ring (bicyclic) bond motifs is 1. The van der Waals surface area contributed by atoms with E-state index in [1.54, 1.807) is 12.4 Å². The maximum Gasteiger partial charge on any atom is 0.416 e. The number of nitrogens with zero attached hydrogens (tertiary/aromatic N) is 5. The molecule has 2 N–H and O–H groups in total. The molecule has 1 aliphatic heterocycles. The number of benzene rings is 1. The molecule has 5 rings (SSSR count). The van der Waals surface area contributed by atoms with Crippen LogP contribution >= 0.6 is 0 Å². The van der Waals surface area contributed by atoms with Crippen LogP contribution in [0.25, 0.3) is 22.3 Å². The van der Waals surface area contributed by atoms with E-state index >= 15 is 0 Å². The van der Waals surface area contributed by atoms with Gasteiger partial charge in [-0.15, -0.1) is 0 Å². The van der Waals surface area contributed by atoms with Crippen LogP contribution < -0.4 is 4.90 Å². The molecule has 1 aromatic carbocycles. The minimum absolute atomic E-state index is 0.256. The summed E-state index contributed by atoms with van der Waals surface area (Å²) in [7, 11) is 0. The second-order valence-corrected chi connectivity index (χ2v) is 7.35. The van der Waals surface area contributed by atoms with Gasteiger partial charge in [-0.05, 0) is 30.5 Å². The Kier molecular flexibility index (Phi) is 4.41. The summed E-state index contributed by atoms with van der Waals surface area (Å²) >= 11 is 0. The maximum atomic E-state index is 12.8. The molecular formula is C20H18F3N7. The average Bonchev–Trinajstić information content (AvgIpc) is 3.43. The molecule has 10 heteroatoms. The van der Waals surface area contributed by atoms with Crippen molar-refractivity contribution < 1.29 is 13.2 Å². The van der Waals surface area contributed by atoms with Gasteiger partial charge in [-0.1, -0.05) is 12.1 Å². The van der Waals surface area contributed by atoms with Crippen molar-refractivity contribution >= 4 is 16.9 Å². The Bertz CT molecular complexity index is 1160. The summed E-state index contributed by atoms with van der Waals surface area (Å²) in [6.07, 6.45) is 2.40. The van der Waals surface area contributed by atoms with Gasteiger partial charge in [-0.25, -0.2) is 15.0 Å². The first kappa shape index (κ1) is 18.6. The van der Waals surface area contributed by atoms with Crippen molar-refractivity contribution in [3.8, 4) is 11.3 Å². The minimum Gasteiger partial charge on any atom is -0.356 e. The molecule has 4 heterocycles. The number of alkyl halides is 3. The fourth-order valence-electron chi connectivity index (χ4n) is 3.90. The first-order valence-corrected chi connectivity index (χ1v) is 9.60. The summed E-state index contributed by atoms with van der Waals surface area (Å²) in [5.74, 6) is 1.99. The van der Waals surface area contributed by atoms with Gasteiger partial charge in [-0.2, -0.15) is 18.3 Å². The molecule has 1 fully saturated rings.